The molecule has 0 spiro atoms. The van der Waals surface area contributed by atoms with Gasteiger partial charge in [-0.25, -0.2) is 0 Å². The topological polar surface area (TPSA) is 79.8 Å². The molecule has 2 aliphatic rings. The zero-order valence-corrected chi connectivity index (χ0v) is 13.7. The third-order valence-electron chi connectivity index (χ3n) is 5.03. The second-order valence-electron chi connectivity index (χ2n) is 6.55. The second-order valence-corrected chi connectivity index (χ2v) is 6.55. The fraction of sp³-hybridized carbons (Fsp3) is 0.389. The van der Waals surface area contributed by atoms with Gasteiger partial charge in [-0.3, -0.25) is 14.9 Å². The first-order valence-electron chi connectivity index (χ1n) is 8.45. The van der Waals surface area contributed by atoms with Gasteiger partial charge in [-0.05, 0) is 30.7 Å². The van der Waals surface area contributed by atoms with Crippen LogP contribution < -0.4 is 4.90 Å². The molecule has 2 fully saturated rings. The molecular formula is C18H19N3O4. The highest BCUT2D eigenvalue weighted by molar-refractivity contribution is 5.83. The van der Waals surface area contributed by atoms with Gasteiger partial charge in [-0.2, -0.15) is 0 Å². The lowest BCUT2D eigenvalue weighted by molar-refractivity contribution is -0.384. The van der Waals surface area contributed by atoms with E-state index >= 15 is 0 Å². The van der Waals surface area contributed by atoms with E-state index in [1.807, 2.05) is 17.0 Å². The van der Waals surface area contributed by atoms with E-state index < -0.39 is 4.92 Å². The second kappa shape index (κ2) is 6.23. The molecule has 1 aliphatic heterocycles. The van der Waals surface area contributed by atoms with Gasteiger partial charge in [0.25, 0.3) is 5.69 Å². The summed E-state index contributed by atoms with van der Waals surface area (Å²) in [5, 5.41) is 10.7. The molecule has 1 saturated heterocycles. The van der Waals surface area contributed by atoms with E-state index in [4.69, 9.17) is 4.42 Å². The molecule has 2 aromatic rings. The van der Waals surface area contributed by atoms with Gasteiger partial charge in [-0.1, -0.05) is 0 Å². The quantitative estimate of drug-likeness (QED) is 0.631. The number of hydrogen-bond donors (Lipinski definition) is 0. The van der Waals surface area contributed by atoms with Gasteiger partial charge >= 0.3 is 0 Å². The summed E-state index contributed by atoms with van der Waals surface area (Å²) in [4.78, 5) is 27.0. The highest BCUT2D eigenvalue weighted by atomic mass is 16.6. The molecule has 0 N–H and O–H groups in total. The number of carbonyl (C=O) groups excluding carboxylic acids is 1. The summed E-state index contributed by atoms with van der Waals surface area (Å²) in [5.74, 6) is 1.40. The number of benzene rings is 1. The number of carbonyl (C=O) groups is 1. The Balaban J connectivity index is 1.32. The average Bonchev–Trinajstić information content (AvgIpc) is 3.26. The molecule has 2 heterocycles. The van der Waals surface area contributed by atoms with Crippen molar-refractivity contribution >= 4 is 17.3 Å². The maximum atomic E-state index is 12.6. The van der Waals surface area contributed by atoms with Gasteiger partial charge in [0.05, 0.1) is 11.2 Å². The van der Waals surface area contributed by atoms with Crippen LogP contribution in [0.3, 0.4) is 0 Å². The SMILES string of the molecule is O=C([C@@H]1C[C@@H]1c1ccco1)N1CCN(c2ccc([N+](=O)[O-])cc2)CC1. The van der Waals surface area contributed by atoms with Crippen molar-refractivity contribution in [3.05, 3.63) is 58.5 Å². The summed E-state index contributed by atoms with van der Waals surface area (Å²) in [6, 6.07) is 10.4. The number of nitrogens with zero attached hydrogens (tertiary/aromatic N) is 3. The van der Waals surface area contributed by atoms with Crippen molar-refractivity contribution in [3.8, 4) is 0 Å². The van der Waals surface area contributed by atoms with Crippen molar-refractivity contribution in [2.45, 2.75) is 12.3 Å². The van der Waals surface area contributed by atoms with Crippen molar-refractivity contribution in [1.29, 1.82) is 0 Å². The molecule has 4 rings (SSSR count). The van der Waals surface area contributed by atoms with E-state index in [-0.39, 0.29) is 23.4 Å². The summed E-state index contributed by atoms with van der Waals surface area (Å²) in [7, 11) is 0. The molecule has 0 unspecified atom stereocenters. The number of amides is 1. The number of piperazine rings is 1. The fourth-order valence-corrected chi connectivity index (χ4v) is 3.49. The first-order chi connectivity index (χ1) is 12.1. The molecule has 1 amide bonds. The third kappa shape index (κ3) is 3.09. The molecule has 0 radical (unpaired) electrons. The normalized spacial score (nSPS) is 22.7. The largest absolute Gasteiger partial charge is 0.469 e. The predicted molar refractivity (Wildman–Crippen MR) is 91.4 cm³/mol. The number of anilines is 1. The van der Waals surface area contributed by atoms with Crippen LogP contribution in [0.2, 0.25) is 0 Å². The van der Waals surface area contributed by atoms with Crippen LogP contribution in [0.15, 0.2) is 47.1 Å². The van der Waals surface area contributed by atoms with E-state index in [1.54, 1.807) is 18.4 Å². The van der Waals surface area contributed by atoms with Crippen molar-refractivity contribution in [3.63, 3.8) is 0 Å². The molecule has 1 aliphatic carbocycles. The van der Waals surface area contributed by atoms with E-state index in [9.17, 15) is 14.9 Å². The Kier molecular flexibility index (Phi) is 3.91. The van der Waals surface area contributed by atoms with E-state index in [1.165, 1.54) is 12.1 Å². The Morgan fingerprint density at radius 2 is 1.84 bits per heavy atom. The number of non-ortho nitro benzene ring substituents is 1. The Bertz CT molecular complexity index is 764. The molecule has 25 heavy (non-hydrogen) atoms. The standard InChI is InChI=1S/C18H19N3O4/c22-18(16-12-15(16)17-2-1-11-25-17)20-9-7-19(8-10-20)13-3-5-14(6-4-13)21(23)24/h1-6,11,15-16H,7-10,12H2/t15-,16+/m0/s1. The summed E-state index contributed by atoms with van der Waals surface area (Å²) >= 11 is 0. The lowest BCUT2D eigenvalue weighted by Crippen LogP contribution is -2.49. The van der Waals surface area contributed by atoms with E-state index in [0.29, 0.717) is 13.1 Å². The zero-order chi connectivity index (χ0) is 17.4. The van der Waals surface area contributed by atoms with Gasteiger partial charge < -0.3 is 14.2 Å². The minimum absolute atomic E-state index is 0.0528. The van der Waals surface area contributed by atoms with Crippen LogP contribution in [-0.4, -0.2) is 41.9 Å². The first kappa shape index (κ1) is 15.7. The van der Waals surface area contributed by atoms with E-state index in [0.717, 1.165) is 31.0 Å². The van der Waals surface area contributed by atoms with Crippen molar-refractivity contribution in [2.24, 2.45) is 5.92 Å². The summed E-state index contributed by atoms with van der Waals surface area (Å²) in [5.41, 5.74) is 1.05. The number of nitro groups is 1. The molecule has 1 aromatic carbocycles. The summed E-state index contributed by atoms with van der Waals surface area (Å²) in [6.07, 6.45) is 2.52. The lowest BCUT2D eigenvalue weighted by Gasteiger charge is -2.36. The maximum absolute atomic E-state index is 12.6. The fourth-order valence-electron chi connectivity index (χ4n) is 3.49. The van der Waals surface area contributed by atoms with Crippen molar-refractivity contribution < 1.29 is 14.1 Å². The third-order valence-corrected chi connectivity index (χ3v) is 5.03. The van der Waals surface area contributed by atoms with Crippen LogP contribution >= 0.6 is 0 Å². The van der Waals surface area contributed by atoms with Crippen molar-refractivity contribution in [2.75, 3.05) is 31.1 Å². The first-order valence-corrected chi connectivity index (χ1v) is 8.45. The van der Waals surface area contributed by atoms with Gasteiger partial charge in [0.2, 0.25) is 5.91 Å². The van der Waals surface area contributed by atoms with Crippen molar-refractivity contribution in [1.82, 2.24) is 4.90 Å². The molecule has 0 bridgehead atoms. The van der Waals surface area contributed by atoms with E-state index in [2.05, 4.69) is 4.90 Å². The number of nitro benzene ring substituents is 1. The number of rotatable bonds is 4. The Morgan fingerprint density at radius 3 is 2.44 bits per heavy atom. The molecule has 7 heteroatoms. The van der Waals surface area contributed by atoms with Gasteiger partial charge in [0.1, 0.15) is 5.76 Å². The van der Waals surface area contributed by atoms with Crippen LogP contribution in [0.1, 0.15) is 18.1 Å². The van der Waals surface area contributed by atoms with Crippen LogP contribution in [0.5, 0.6) is 0 Å². The van der Waals surface area contributed by atoms with Gasteiger partial charge in [-0.15, -0.1) is 0 Å². The smallest absolute Gasteiger partial charge is 0.269 e. The zero-order valence-electron chi connectivity index (χ0n) is 13.7. The minimum atomic E-state index is -0.397. The van der Waals surface area contributed by atoms with Crippen LogP contribution in [-0.2, 0) is 4.79 Å². The lowest BCUT2D eigenvalue weighted by atomic mass is 10.2. The molecule has 2 atom stereocenters. The van der Waals surface area contributed by atoms with Gasteiger partial charge in [0.15, 0.2) is 0 Å². The molecule has 1 aromatic heterocycles. The van der Waals surface area contributed by atoms with Crippen LogP contribution in [0, 0.1) is 16.0 Å². The van der Waals surface area contributed by atoms with Gasteiger partial charge in [0, 0.05) is 55.8 Å². The Morgan fingerprint density at radius 1 is 1.12 bits per heavy atom. The molecule has 7 nitrogen and oxygen atoms in total. The highest BCUT2D eigenvalue weighted by Gasteiger charge is 2.47. The number of furan rings is 1. The Hall–Kier alpha value is -2.83. The Labute approximate surface area is 145 Å². The molecule has 1 saturated carbocycles. The molecular weight excluding hydrogens is 322 g/mol. The van der Waals surface area contributed by atoms with Crippen LogP contribution in [0.25, 0.3) is 0 Å². The van der Waals surface area contributed by atoms with Crippen LogP contribution in [0.4, 0.5) is 11.4 Å². The molecule has 130 valence electrons. The summed E-state index contributed by atoms with van der Waals surface area (Å²) < 4.78 is 5.40. The average molecular weight is 341 g/mol. The maximum Gasteiger partial charge on any atom is 0.269 e. The predicted octanol–water partition coefficient (Wildman–Crippen LogP) is 2.64. The highest BCUT2D eigenvalue weighted by Crippen LogP contribution is 2.48. The summed E-state index contributed by atoms with van der Waals surface area (Å²) in [6.45, 7) is 2.83. The number of hydrogen-bond acceptors (Lipinski definition) is 5. The monoisotopic (exact) mass is 341 g/mol. The minimum Gasteiger partial charge on any atom is -0.469 e.